The SMILES string of the molecule is O=C1C2=CC=C3c4nc5c(C(F)(F)F)cc(C(F)(F)F)cc5n4C(=O)C4=CC=C(c5nc6c(C(F)(F)F)cc(C(F)(F)F)cc6n51)C2C43. The van der Waals surface area contributed by atoms with Gasteiger partial charge in [0.25, 0.3) is 11.8 Å². The largest absolute Gasteiger partial charge is 0.418 e. The van der Waals surface area contributed by atoms with E-state index in [4.69, 9.17) is 0 Å². The number of imidazole rings is 2. The summed E-state index contributed by atoms with van der Waals surface area (Å²) in [6, 6.07) is 0.451. The van der Waals surface area contributed by atoms with Gasteiger partial charge in [-0.15, -0.1) is 0 Å². The summed E-state index contributed by atoms with van der Waals surface area (Å²) in [7, 11) is 0. The molecule has 0 saturated heterocycles. The van der Waals surface area contributed by atoms with Gasteiger partial charge in [-0.2, -0.15) is 52.7 Å². The van der Waals surface area contributed by atoms with E-state index in [2.05, 4.69) is 9.97 Å². The molecular weight excluding hydrogens is 676 g/mol. The standard InChI is InChI=1S/C30H10F12N4O2/c31-27(32,33)9-5-15(29(37,38)39)21-17(7-9)45-23(43-21)11-1-3-13-20-12(2-4-14(19(11)20)26(45)48)24-44-22-16(30(40,41)42)6-10(28(34,35)36)8-18(22)46(24)25(13)47/h1-8,19-20H. The van der Waals surface area contributed by atoms with Crippen LogP contribution in [0.15, 0.2) is 59.7 Å². The van der Waals surface area contributed by atoms with E-state index in [-0.39, 0.29) is 34.4 Å². The lowest BCUT2D eigenvalue weighted by molar-refractivity contribution is -0.143. The zero-order valence-electron chi connectivity index (χ0n) is 22.9. The molecule has 4 heterocycles. The summed E-state index contributed by atoms with van der Waals surface area (Å²) in [5.41, 5.74) is -10.8. The van der Waals surface area contributed by atoms with Crippen LogP contribution < -0.4 is 0 Å². The van der Waals surface area contributed by atoms with E-state index in [1.54, 1.807) is 0 Å². The third-order valence-corrected chi connectivity index (χ3v) is 8.76. The number of nitrogens with zero attached hydrogens (tertiary/aromatic N) is 4. The predicted molar refractivity (Wildman–Crippen MR) is 140 cm³/mol. The van der Waals surface area contributed by atoms with E-state index in [9.17, 15) is 62.3 Å². The van der Waals surface area contributed by atoms with E-state index < -0.39 is 104 Å². The van der Waals surface area contributed by atoms with Gasteiger partial charge < -0.3 is 0 Å². The van der Waals surface area contributed by atoms with Crippen molar-refractivity contribution < 1.29 is 62.3 Å². The Kier molecular flexibility index (Phi) is 5.56. The van der Waals surface area contributed by atoms with Crippen molar-refractivity contribution in [3.8, 4) is 0 Å². The van der Waals surface area contributed by atoms with Crippen molar-refractivity contribution in [3.05, 3.63) is 93.6 Å². The van der Waals surface area contributed by atoms with Gasteiger partial charge in [0.05, 0.1) is 33.3 Å². The average molecular weight is 686 g/mol. The molecule has 48 heavy (non-hydrogen) atoms. The lowest BCUT2D eigenvalue weighted by atomic mass is 9.64. The van der Waals surface area contributed by atoms with Gasteiger partial charge >= 0.3 is 24.7 Å². The Morgan fingerprint density at radius 1 is 0.479 bits per heavy atom. The highest BCUT2D eigenvalue weighted by atomic mass is 19.4. The number of benzene rings is 2. The first-order valence-corrected chi connectivity index (χ1v) is 13.5. The number of halogens is 12. The van der Waals surface area contributed by atoms with Crippen LogP contribution in [-0.2, 0) is 24.7 Å². The molecule has 0 radical (unpaired) electrons. The minimum absolute atomic E-state index is 0.00535. The molecule has 18 heteroatoms. The molecular formula is C30H10F12N4O2. The summed E-state index contributed by atoms with van der Waals surface area (Å²) < 4.78 is 167. The van der Waals surface area contributed by atoms with Crippen molar-refractivity contribution in [1.82, 2.24) is 19.1 Å². The Balaban J connectivity index is 1.39. The van der Waals surface area contributed by atoms with Gasteiger partial charge in [-0.25, -0.2) is 9.97 Å². The van der Waals surface area contributed by atoms with E-state index in [0.29, 0.717) is 21.3 Å². The number of hydrogen-bond donors (Lipinski definition) is 0. The van der Waals surface area contributed by atoms with Crippen LogP contribution in [0.3, 0.4) is 0 Å². The van der Waals surface area contributed by atoms with Gasteiger partial charge in [-0.05, 0) is 24.3 Å². The molecule has 0 spiro atoms. The van der Waals surface area contributed by atoms with Gasteiger partial charge in [-0.1, -0.05) is 24.3 Å². The van der Waals surface area contributed by atoms with Crippen molar-refractivity contribution in [2.75, 3.05) is 0 Å². The fourth-order valence-electron chi connectivity index (χ4n) is 6.83. The average Bonchev–Trinajstić information content (AvgIpc) is 3.55. The molecule has 8 rings (SSSR count). The molecule has 2 aromatic heterocycles. The number of hydrogen-bond acceptors (Lipinski definition) is 4. The summed E-state index contributed by atoms with van der Waals surface area (Å²) in [6.07, 6.45) is -16.5. The fourth-order valence-corrected chi connectivity index (χ4v) is 6.83. The first-order chi connectivity index (χ1) is 22.2. The zero-order valence-corrected chi connectivity index (χ0v) is 22.9. The van der Waals surface area contributed by atoms with E-state index >= 15 is 0 Å². The van der Waals surface area contributed by atoms with Crippen LogP contribution in [0.4, 0.5) is 52.7 Å². The van der Waals surface area contributed by atoms with Gasteiger partial charge in [0.2, 0.25) is 0 Å². The number of fused-ring (bicyclic) bond motifs is 8. The van der Waals surface area contributed by atoms with Gasteiger partial charge in [0.15, 0.2) is 0 Å². The fraction of sp³-hybridized carbons (Fsp3) is 0.200. The molecule has 2 aromatic carbocycles. The molecule has 0 fully saturated rings. The highest BCUT2D eigenvalue weighted by molar-refractivity contribution is 6.15. The normalized spacial score (nSPS) is 20.7. The topological polar surface area (TPSA) is 69.8 Å². The Hall–Kier alpha value is -5.16. The van der Waals surface area contributed by atoms with Crippen LogP contribution in [-0.4, -0.2) is 30.9 Å². The van der Waals surface area contributed by atoms with Gasteiger partial charge in [-0.3, -0.25) is 18.7 Å². The monoisotopic (exact) mass is 686 g/mol. The lowest BCUT2D eigenvalue weighted by Gasteiger charge is -2.42. The number of allylic oxidation sites excluding steroid dienone is 8. The summed E-state index contributed by atoms with van der Waals surface area (Å²) in [6.45, 7) is 0. The molecule has 0 amide bonds. The maximum atomic E-state index is 14.0. The van der Waals surface area contributed by atoms with Crippen LogP contribution in [0.5, 0.6) is 0 Å². The number of carbonyl (C=O) groups excluding carboxylic acids is 2. The molecule has 4 aliphatic rings. The van der Waals surface area contributed by atoms with Gasteiger partial charge in [0, 0.05) is 34.1 Å². The van der Waals surface area contributed by atoms with Crippen LogP contribution in [0.2, 0.25) is 0 Å². The zero-order chi connectivity index (χ0) is 34.6. The Morgan fingerprint density at radius 3 is 1.12 bits per heavy atom. The maximum Gasteiger partial charge on any atom is 0.418 e. The highest BCUT2D eigenvalue weighted by Gasteiger charge is 2.52. The summed E-state index contributed by atoms with van der Waals surface area (Å²) in [4.78, 5) is 35.5. The van der Waals surface area contributed by atoms with Crippen molar-refractivity contribution in [3.63, 3.8) is 0 Å². The van der Waals surface area contributed by atoms with Crippen LogP contribution in [0.1, 0.15) is 43.5 Å². The Bertz CT molecular complexity index is 2180. The minimum Gasteiger partial charge on any atom is -0.269 e. The number of aromatic nitrogens is 4. The smallest absolute Gasteiger partial charge is 0.269 e. The number of rotatable bonds is 0. The maximum absolute atomic E-state index is 14.0. The molecule has 0 bridgehead atoms. The molecule has 2 unspecified atom stereocenters. The van der Waals surface area contributed by atoms with E-state index in [1.807, 2.05) is 0 Å². The van der Waals surface area contributed by atoms with Gasteiger partial charge in [0.1, 0.15) is 22.7 Å². The van der Waals surface area contributed by atoms with Crippen LogP contribution >= 0.6 is 0 Å². The third-order valence-electron chi connectivity index (χ3n) is 8.76. The van der Waals surface area contributed by atoms with Crippen molar-refractivity contribution >= 4 is 45.0 Å². The molecule has 2 aliphatic carbocycles. The summed E-state index contributed by atoms with van der Waals surface area (Å²) in [5, 5.41) is 0. The highest BCUT2D eigenvalue weighted by Crippen LogP contribution is 2.55. The second-order valence-electron chi connectivity index (χ2n) is 11.4. The van der Waals surface area contributed by atoms with E-state index in [0.717, 1.165) is 12.2 Å². The van der Waals surface area contributed by atoms with Crippen molar-refractivity contribution in [2.45, 2.75) is 24.7 Å². The number of carbonyl (C=O) groups is 2. The molecule has 4 aromatic rings. The Morgan fingerprint density at radius 2 is 0.812 bits per heavy atom. The lowest BCUT2D eigenvalue weighted by Crippen LogP contribution is -2.41. The molecule has 2 aliphatic heterocycles. The van der Waals surface area contributed by atoms with Crippen LogP contribution in [0.25, 0.3) is 33.2 Å². The molecule has 0 saturated carbocycles. The minimum atomic E-state index is -5.32. The summed E-state index contributed by atoms with van der Waals surface area (Å²) >= 11 is 0. The first kappa shape index (κ1) is 30.2. The third kappa shape index (κ3) is 3.91. The second kappa shape index (κ2) is 8.84. The Labute approximate surface area is 256 Å². The molecule has 0 N–H and O–H groups in total. The molecule has 2 atom stereocenters. The van der Waals surface area contributed by atoms with E-state index in [1.165, 1.54) is 12.2 Å². The molecule has 246 valence electrons. The predicted octanol–water partition coefficient (Wildman–Crippen LogP) is 8.35. The molecule has 6 nitrogen and oxygen atoms in total. The second-order valence-corrected chi connectivity index (χ2v) is 11.4. The first-order valence-electron chi connectivity index (χ1n) is 13.5. The van der Waals surface area contributed by atoms with Crippen molar-refractivity contribution in [2.24, 2.45) is 11.8 Å². The van der Waals surface area contributed by atoms with Crippen LogP contribution in [0, 0.1) is 11.8 Å². The quantitative estimate of drug-likeness (QED) is 0.175. The van der Waals surface area contributed by atoms with Crippen molar-refractivity contribution in [1.29, 1.82) is 0 Å². The summed E-state index contributed by atoms with van der Waals surface area (Å²) in [5.74, 6) is -5.47. The number of alkyl halides is 12.